The van der Waals surface area contributed by atoms with Gasteiger partial charge in [0.1, 0.15) is 6.61 Å². The molecule has 0 aromatic heterocycles. The van der Waals surface area contributed by atoms with Gasteiger partial charge in [-0.15, -0.1) is 0 Å². The summed E-state index contributed by atoms with van der Waals surface area (Å²) in [4.78, 5) is 11.6. The van der Waals surface area contributed by atoms with Crippen LogP contribution >= 0.6 is 0 Å². The van der Waals surface area contributed by atoms with Crippen LogP contribution in [0.2, 0.25) is 0 Å². The van der Waals surface area contributed by atoms with Crippen molar-refractivity contribution >= 4 is 5.97 Å². The molecule has 1 heterocycles. The van der Waals surface area contributed by atoms with Gasteiger partial charge >= 0.3 is 5.97 Å². The van der Waals surface area contributed by atoms with E-state index in [1.54, 1.807) is 0 Å². The summed E-state index contributed by atoms with van der Waals surface area (Å²) < 4.78 is 10.2. The lowest BCUT2D eigenvalue weighted by atomic mass is 9.90. The molecular weight excluding hydrogens is 182 g/mol. The van der Waals surface area contributed by atoms with Crippen LogP contribution < -0.4 is 5.32 Å². The molecule has 1 atom stereocenters. The molecule has 1 aliphatic rings. The van der Waals surface area contributed by atoms with E-state index in [1.165, 1.54) is 0 Å². The maximum absolute atomic E-state index is 11.6. The van der Waals surface area contributed by atoms with Gasteiger partial charge in [0, 0.05) is 13.2 Å². The van der Waals surface area contributed by atoms with Gasteiger partial charge in [-0.3, -0.25) is 4.79 Å². The maximum atomic E-state index is 11.6. The molecule has 1 unspecified atom stereocenters. The van der Waals surface area contributed by atoms with Gasteiger partial charge in [0.05, 0.1) is 12.0 Å². The van der Waals surface area contributed by atoms with Gasteiger partial charge in [-0.1, -0.05) is 0 Å². The smallest absolute Gasteiger partial charge is 0.313 e. The first kappa shape index (κ1) is 11.5. The molecule has 1 N–H and O–H groups in total. The maximum Gasteiger partial charge on any atom is 0.313 e. The Bertz CT molecular complexity index is 188. The molecule has 1 aliphatic heterocycles. The standard InChI is InChI=1S/C10H19NO3/c1-3-13-6-7-14-9(12)10(2)4-5-11-8-10/h11H,3-8H2,1-2H3. The number of hydrogen-bond donors (Lipinski definition) is 1. The first-order valence-electron chi connectivity index (χ1n) is 5.15. The van der Waals surface area contributed by atoms with E-state index >= 15 is 0 Å². The van der Waals surface area contributed by atoms with Gasteiger partial charge in [0.2, 0.25) is 0 Å². The summed E-state index contributed by atoms with van der Waals surface area (Å²) in [5.74, 6) is -0.109. The Kier molecular flexibility index (Phi) is 4.35. The van der Waals surface area contributed by atoms with E-state index in [4.69, 9.17) is 9.47 Å². The van der Waals surface area contributed by atoms with Crippen LogP contribution in [-0.4, -0.2) is 38.9 Å². The highest BCUT2D eigenvalue weighted by molar-refractivity contribution is 5.77. The number of hydrogen-bond acceptors (Lipinski definition) is 4. The molecule has 0 radical (unpaired) electrons. The van der Waals surface area contributed by atoms with Crippen molar-refractivity contribution in [2.24, 2.45) is 5.41 Å². The van der Waals surface area contributed by atoms with E-state index in [-0.39, 0.29) is 11.4 Å². The SMILES string of the molecule is CCOCCOC(=O)C1(C)CCNC1. The average molecular weight is 201 g/mol. The Morgan fingerprint density at radius 3 is 2.86 bits per heavy atom. The van der Waals surface area contributed by atoms with Crippen LogP contribution in [0.1, 0.15) is 20.3 Å². The van der Waals surface area contributed by atoms with Crippen molar-refractivity contribution in [3.63, 3.8) is 0 Å². The zero-order chi connectivity index (χ0) is 10.4. The van der Waals surface area contributed by atoms with Gasteiger partial charge in [0.15, 0.2) is 0 Å². The monoisotopic (exact) mass is 201 g/mol. The fourth-order valence-electron chi connectivity index (χ4n) is 1.50. The lowest BCUT2D eigenvalue weighted by molar-refractivity contribution is -0.155. The summed E-state index contributed by atoms with van der Waals surface area (Å²) in [6.07, 6.45) is 0.862. The minimum Gasteiger partial charge on any atom is -0.463 e. The highest BCUT2D eigenvalue weighted by Crippen LogP contribution is 2.25. The van der Waals surface area contributed by atoms with Crippen molar-refractivity contribution in [3.05, 3.63) is 0 Å². The van der Waals surface area contributed by atoms with Gasteiger partial charge in [-0.05, 0) is 26.8 Å². The van der Waals surface area contributed by atoms with Crippen LogP contribution in [0.15, 0.2) is 0 Å². The summed E-state index contributed by atoms with van der Waals surface area (Å²) in [5, 5.41) is 3.16. The van der Waals surface area contributed by atoms with E-state index < -0.39 is 0 Å². The van der Waals surface area contributed by atoms with Crippen LogP contribution in [0.3, 0.4) is 0 Å². The number of carbonyl (C=O) groups is 1. The van der Waals surface area contributed by atoms with Crippen LogP contribution in [-0.2, 0) is 14.3 Å². The molecule has 4 nitrogen and oxygen atoms in total. The van der Waals surface area contributed by atoms with Crippen molar-refractivity contribution in [1.29, 1.82) is 0 Å². The normalized spacial score (nSPS) is 26.4. The molecule has 1 fully saturated rings. The number of rotatable bonds is 5. The molecular formula is C10H19NO3. The van der Waals surface area contributed by atoms with Crippen LogP contribution in [0.25, 0.3) is 0 Å². The van der Waals surface area contributed by atoms with Gasteiger partial charge < -0.3 is 14.8 Å². The van der Waals surface area contributed by atoms with Crippen LogP contribution in [0, 0.1) is 5.41 Å². The summed E-state index contributed by atoms with van der Waals surface area (Å²) in [5.41, 5.74) is -0.327. The van der Waals surface area contributed by atoms with Crippen molar-refractivity contribution in [2.75, 3.05) is 32.9 Å². The molecule has 0 aromatic carbocycles. The predicted octanol–water partition coefficient (Wildman–Crippen LogP) is 0.566. The molecule has 0 bridgehead atoms. The molecule has 14 heavy (non-hydrogen) atoms. The van der Waals surface area contributed by atoms with Crippen LogP contribution in [0.4, 0.5) is 0 Å². The summed E-state index contributed by atoms with van der Waals surface area (Å²) >= 11 is 0. The zero-order valence-corrected chi connectivity index (χ0v) is 8.97. The number of carbonyl (C=O) groups excluding carboxylic acids is 1. The third-order valence-corrected chi connectivity index (χ3v) is 2.53. The van der Waals surface area contributed by atoms with E-state index in [2.05, 4.69) is 5.32 Å². The summed E-state index contributed by atoms with van der Waals surface area (Å²) in [6, 6.07) is 0. The molecule has 0 saturated carbocycles. The summed E-state index contributed by atoms with van der Waals surface area (Å²) in [7, 11) is 0. The molecule has 1 saturated heterocycles. The molecule has 4 heteroatoms. The molecule has 1 rings (SSSR count). The molecule has 82 valence electrons. The first-order chi connectivity index (χ1) is 6.69. The third kappa shape index (κ3) is 2.96. The number of nitrogens with one attached hydrogen (secondary N) is 1. The molecule has 0 aromatic rings. The Hall–Kier alpha value is -0.610. The molecule has 0 spiro atoms. The van der Waals surface area contributed by atoms with Crippen molar-refractivity contribution in [3.8, 4) is 0 Å². The van der Waals surface area contributed by atoms with Crippen molar-refractivity contribution < 1.29 is 14.3 Å². The fraction of sp³-hybridized carbons (Fsp3) is 0.900. The van der Waals surface area contributed by atoms with Crippen LogP contribution in [0.5, 0.6) is 0 Å². The first-order valence-corrected chi connectivity index (χ1v) is 5.15. The van der Waals surface area contributed by atoms with E-state index in [0.29, 0.717) is 19.8 Å². The second-order valence-corrected chi connectivity index (χ2v) is 3.82. The number of ether oxygens (including phenoxy) is 2. The Morgan fingerprint density at radius 2 is 2.29 bits per heavy atom. The van der Waals surface area contributed by atoms with Gasteiger partial charge in [-0.25, -0.2) is 0 Å². The van der Waals surface area contributed by atoms with E-state index in [1.807, 2.05) is 13.8 Å². The predicted molar refractivity (Wildman–Crippen MR) is 53.0 cm³/mol. The minimum atomic E-state index is -0.327. The second-order valence-electron chi connectivity index (χ2n) is 3.82. The van der Waals surface area contributed by atoms with E-state index in [9.17, 15) is 4.79 Å². The van der Waals surface area contributed by atoms with Gasteiger partial charge in [0.25, 0.3) is 0 Å². The zero-order valence-electron chi connectivity index (χ0n) is 8.97. The Morgan fingerprint density at radius 1 is 1.50 bits per heavy atom. The Balaban J connectivity index is 2.20. The average Bonchev–Trinajstić information content (AvgIpc) is 2.61. The second kappa shape index (κ2) is 5.32. The quantitative estimate of drug-likeness (QED) is 0.521. The fourth-order valence-corrected chi connectivity index (χ4v) is 1.50. The topological polar surface area (TPSA) is 47.6 Å². The number of esters is 1. The summed E-state index contributed by atoms with van der Waals surface area (Å²) in [6.45, 7) is 7.00. The Labute approximate surface area is 85.0 Å². The lowest BCUT2D eigenvalue weighted by Gasteiger charge is -2.20. The lowest BCUT2D eigenvalue weighted by Crippen LogP contribution is -2.32. The van der Waals surface area contributed by atoms with Crippen molar-refractivity contribution in [1.82, 2.24) is 5.32 Å². The largest absolute Gasteiger partial charge is 0.463 e. The molecule has 0 aliphatic carbocycles. The minimum absolute atomic E-state index is 0.109. The highest BCUT2D eigenvalue weighted by atomic mass is 16.6. The van der Waals surface area contributed by atoms with Gasteiger partial charge in [-0.2, -0.15) is 0 Å². The van der Waals surface area contributed by atoms with E-state index in [0.717, 1.165) is 19.5 Å². The third-order valence-electron chi connectivity index (χ3n) is 2.53. The van der Waals surface area contributed by atoms with Crippen molar-refractivity contribution in [2.45, 2.75) is 20.3 Å². The highest BCUT2D eigenvalue weighted by Gasteiger charge is 2.37. The molecule has 0 amide bonds.